The van der Waals surface area contributed by atoms with Crippen molar-refractivity contribution in [3.05, 3.63) is 0 Å². The van der Waals surface area contributed by atoms with E-state index in [-0.39, 0.29) is 13.0 Å². The average molecular weight is 188 g/mol. The molecule has 0 heterocycles. The summed E-state index contributed by atoms with van der Waals surface area (Å²) in [4.78, 5) is 21.5. The van der Waals surface area contributed by atoms with Gasteiger partial charge >= 0.3 is 12.1 Å². The zero-order valence-electron chi connectivity index (χ0n) is 8.17. The van der Waals surface area contributed by atoms with Crippen molar-refractivity contribution in [3.63, 3.8) is 0 Å². The van der Waals surface area contributed by atoms with E-state index in [0.717, 1.165) is 19.3 Å². The summed E-state index contributed by atoms with van der Waals surface area (Å²) >= 11 is 0. The maximum Gasteiger partial charge on any atom is 0.516 e. The number of hydrogen-bond acceptors (Lipinski definition) is 4. The van der Waals surface area contributed by atoms with Gasteiger partial charge in [0.1, 0.15) is 0 Å². The molecule has 0 saturated heterocycles. The van der Waals surface area contributed by atoms with Crippen LogP contribution in [0.15, 0.2) is 0 Å². The largest absolute Gasteiger partial charge is 0.516 e. The quantitative estimate of drug-likeness (QED) is 0.377. The number of hydrogen-bond donors (Lipinski definition) is 0. The topological polar surface area (TPSA) is 52.6 Å². The minimum absolute atomic E-state index is 0.223. The Hall–Kier alpha value is -1.06. The summed E-state index contributed by atoms with van der Waals surface area (Å²) < 4.78 is 8.77. The second-order valence-corrected chi connectivity index (χ2v) is 2.61. The lowest BCUT2D eigenvalue weighted by atomic mass is 10.2. The highest BCUT2D eigenvalue weighted by molar-refractivity contribution is 5.81. The minimum Gasteiger partial charge on any atom is -0.434 e. The third-order valence-corrected chi connectivity index (χ3v) is 1.44. The van der Waals surface area contributed by atoms with E-state index < -0.39 is 12.1 Å². The highest BCUT2D eigenvalue weighted by Crippen LogP contribution is 2.01. The van der Waals surface area contributed by atoms with Crippen LogP contribution in [0.3, 0.4) is 0 Å². The van der Waals surface area contributed by atoms with Crippen molar-refractivity contribution in [3.8, 4) is 0 Å². The molecule has 0 N–H and O–H groups in total. The second kappa shape index (κ2) is 7.58. The third kappa shape index (κ3) is 7.31. The Balaban J connectivity index is 3.44. The van der Waals surface area contributed by atoms with Crippen molar-refractivity contribution in [1.29, 1.82) is 0 Å². The van der Waals surface area contributed by atoms with Crippen LogP contribution in [-0.2, 0) is 14.3 Å². The molecule has 0 fully saturated rings. The second-order valence-electron chi connectivity index (χ2n) is 2.61. The SMILES string of the molecule is CCCCCC(=O)OC(=O)OCC. The van der Waals surface area contributed by atoms with E-state index in [1.165, 1.54) is 0 Å². The van der Waals surface area contributed by atoms with E-state index in [2.05, 4.69) is 9.47 Å². The summed E-state index contributed by atoms with van der Waals surface area (Å²) in [5, 5.41) is 0. The molecule has 0 amide bonds. The fraction of sp³-hybridized carbons (Fsp3) is 0.778. The van der Waals surface area contributed by atoms with Gasteiger partial charge in [0.05, 0.1) is 6.61 Å². The molecule has 0 atom stereocenters. The molecule has 76 valence electrons. The molecule has 4 heteroatoms. The Labute approximate surface area is 78.2 Å². The molecule has 0 saturated carbocycles. The normalized spacial score (nSPS) is 9.38. The number of carbonyl (C=O) groups is 2. The maximum absolute atomic E-state index is 10.9. The lowest BCUT2D eigenvalue weighted by Gasteiger charge is -2.01. The summed E-state index contributed by atoms with van der Waals surface area (Å²) in [6, 6.07) is 0. The summed E-state index contributed by atoms with van der Waals surface area (Å²) in [6.07, 6.45) is 2.15. The van der Waals surface area contributed by atoms with Gasteiger partial charge < -0.3 is 9.47 Å². The van der Waals surface area contributed by atoms with Gasteiger partial charge in [0.2, 0.25) is 0 Å². The van der Waals surface area contributed by atoms with Crippen molar-refractivity contribution in [1.82, 2.24) is 0 Å². The van der Waals surface area contributed by atoms with E-state index >= 15 is 0 Å². The summed E-state index contributed by atoms with van der Waals surface area (Å²) in [6.45, 7) is 3.92. The highest BCUT2D eigenvalue weighted by atomic mass is 16.7. The standard InChI is InChI=1S/C9H16O4/c1-3-5-6-7-8(10)13-9(11)12-4-2/h3-7H2,1-2H3. The number of esters is 1. The first-order valence-electron chi connectivity index (χ1n) is 4.58. The first-order chi connectivity index (χ1) is 6.20. The fourth-order valence-electron chi connectivity index (χ4n) is 0.811. The lowest BCUT2D eigenvalue weighted by molar-refractivity contribution is -0.139. The molecule has 0 aliphatic carbocycles. The van der Waals surface area contributed by atoms with Crippen molar-refractivity contribution >= 4 is 12.1 Å². The van der Waals surface area contributed by atoms with E-state index in [0.29, 0.717) is 0 Å². The van der Waals surface area contributed by atoms with Gasteiger partial charge in [-0.1, -0.05) is 19.8 Å². The Morgan fingerprint density at radius 1 is 1.15 bits per heavy atom. The Morgan fingerprint density at radius 2 is 1.85 bits per heavy atom. The molecule has 0 unspecified atom stereocenters. The molecule has 0 rings (SSSR count). The van der Waals surface area contributed by atoms with Gasteiger partial charge in [-0.2, -0.15) is 0 Å². The van der Waals surface area contributed by atoms with Gasteiger partial charge in [0.25, 0.3) is 0 Å². The van der Waals surface area contributed by atoms with Crippen LogP contribution in [0.4, 0.5) is 4.79 Å². The lowest BCUT2D eigenvalue weighted by Crippen LogP contribution is -2.13. The molecular weight excluding hydrogens is 172 g/mol. The minimum atomic E-state index is -0.899. The van der Waals surface area contributed by atoms with E-state index in [4.69, 9.17) is 0 Å². The van der Waals surface area contributed by atoms with E-state index in [1.807, 2.05) is 6.92 Å². The van der Waals surface area contributed by atoms with Gasteiger partial charge in [-0.25, -0.2) is 4.79 Å². The molecule has 4 nitrogen and oxygen atoms in total. The van der Waals surface area contributed by atoms with Gasteiger partial charge in [-0.3, -0.25) is 4.79 Å². The van der Waals surface area contributed by atoms with Crippen LogP contribution in [0.25, 0.3) is 0 Å². The van der Waals surface area contributed by atoms with Gasteiger partial charge in [0, 0.05) is 6.42 Å². The molecule has 0 spiro atoms. The molecule has 13 heavy (non-hydrogen) atoms. The Kier molecular flexibility index (Phi) is 6.96. The number of unbranched alkanes of at least 4 members (excludes halogenated alkanes) is 2. The average Bonchev–Trinajstić information content (AvgIpc) is 2.05. The van der Waals surface area contributed by atoms with Crippen molar-refractivity contribution in [2.24, 2.45) is 0 Å². The highest BCUT2D eigenvalue weighted by Gasteiger charge is 2.09. The van der Waals surface area contributed by atoms with Crippen LogP contribution >= 0.6 is 0 Å². The molecule has 0 aromatic rings. The third-order valence-electron chi connectivity index (χ3n) is 1.44. The molecule has 0 bridgehead atoms. The molecule has 0 aliphatic rings. The molecular formula is C9H16O4. The Morgan fingerprint density at radius 3 is 2.38 bits per heavy atom. The maximum atomic E-state index is 10.9. The summed E-state index contributed by atoms with van der Waals surface area (Å²) in [5.41, 5.74) is 0. The predicted octanol–water partition coefficient (Wildman–Crippen LogP) is 2.27. The van der Waals surface area contributed by atoms with Gasteiger partial charge in [-0.15, -0.1) is 0 Å². The van der Waals surface area contributed by atoms with E-state index in [1.54, 1.807) is 6.92 Å². The first kappa shape index (κ1) is 11.9. The Bertz CT molecular complexity index is 165. The van der Waals surface area contributed by atoms with Crippen LogP contribution in [0, 0.1) is 0 Å². The summed E-state index contributed by atoms with van der Waals surface area (Å²) in [5.74, 6) is -0.507. The summed E-state index contributed by atoms with van der Waals surface area (Å²) in [7, 11) is 0. The molecule has 0 aliphatic heterocycles. The fourth-order valence-corrected chi connectivity index (χ4v) is 0.811. The number of rotatable bonds is 5. The molecule has 0 aromatic heterocycles. The monoisotopic (exact) mass is 188 g/mol. The van der Waals surface area contributed by atoms with Gasteiger partial charge in [-0.05, 0) is 13.3 Å². The van der Waals surface area contributed by atoms with E-state index in [9.17, 15) is 9.59 Å². The molecule has 0 radical (unpaired) electrons. The van der Waals surface area contributed by atoms with Crippen LogP contribution < -0.4 is 0 Å². The van der Waals surface area contributed by atoms with Crippen molar-refractivity contribution < 1.29 is 19.1 Å². The van der Waals surface area contributed by atoms with Crippen molar-refractivity contribution in [2.75, 3.05) is 6.61 Å². The zero-order valence-corrected chi connectivity index (χ0v) is 8.17. The van der Waals surface area contributed by atoms with Crippen LogP contribution in [-0.4, -0.2) is 18.7 Å². The number of carbonyl (C=O) groups excluding carboxylic acids is 2. The van der Waals surface area contributed by atoms with Crippen LogP contribution in [0.2, 0.25) is 0 Å². The predicted molar refractivity (Wildman–Crippen MR) is 47.3 cm³/mol. The zero-order chi connectivity index (χ0) is 10.1. The number of ether oxygens (including phenoxy) is 2. The smallest absolute Gasteiger partial charge is 0.434 e. The van der Waals surface area contributed by atoms with Crippen LogP contribution in [0.1, 0.15) is 39.5 Å². The van der Waals surface area contributed by atoms with Crippen LogP contribution in [0.5, 0.6) is 0 Å². The molecule has 0 aromatic carbocycles. The van der Waals surface area contributed by atoms with Crippen molar-refractivity contribution in [2.45, 2.75) is 39.5 Å². The first-order valence-corrected chi connectivity index (χ1v) is 4.58. The van der Waals surface area contributed by atoms with Gasteiger partial charge in [0.15, 0.2) is 0 Å².